The molecule has 1 aromatic heterocycles. The topological polar surface area (TPSA) is 65.9 Å². The average molecular weight is 383 g/mol. The van der Waals surface area contributed by atoms with E-state index in [1.165, 1.54) is 0 Å². The summed E-state index contributed by atoms with van der Waals surface area (Å²) in [5.41, 5.74) is 2.14. The number of carbonyl (C=O) groups is 1. The number of ether oxygens (including phenoxy) is 1. The fraction of sp³-hybridized carbons (Fsp3) is 0.455. The van der Waals surface area contributed by atoms with Gasteiger partial charge < -0.3 is 14.7 Å². The highest BCUT2D eigenvalue weighted by molar-refractivity contribution is 5.78. The maximum Gasteiger partial charge on any atom is 0.236 e. The molecule has 2 heterocycles. The zero-order valence-electron chi connectivity index (χ0n) is 16.6. The number of pyridine rings is 1. The average Bonchev–Trinajstić information content (AvgIpc) is 2.81. The van der Waals surface area contributed by atoms with Crippen LogP contribution >= 0.6 is 0 Å². The number of phenols is 1. The Hall–Kier alpha value is -2.44. The second-order valence-electron chi connectivity index (χ2n) is 7.82. The van der Waals surface area contributed by atoms with Gasteiger partial charge in [0, 0.05) is 38.6 Å². The molecule has 6 nitrogen and oxygen atoms in total. The highest BCUT2D eigenvalue weighted by atomic mass is 16.5. The summed E-state index contributed by atoms with van der Waals surface area (Å²) in [4.78, 5) is 20.9. The predicted octanol–water partition coefficient (Wildman–Crippen LogP) is 2.67. The summed E-state index contributed by atoms with van der Waals surface area (Å²) in [5, 5.41) is 9.49. The molecule has 6 heteroatoms. The zero-order valence-corrected chi connectivity index (χ0v) is 16.6. The van der Waals surface area contributed by atoms with Crippen LogP contribution in [0, 0.1) is 5.92 Å². The lowest BCUT2D eigenvalue weighted by atomic mass is 10.2. The number of phenolic OH excluding ortho intramolecular Hbond substituents is 1. The molecule has 1 fully saturated rings. The van der Waals surface area contributed by atoms with Crippen molar-refractivity contribution in [2.24, 2.45) is 5.92 Å². The molecule has 1 aromatic carbocycles. The molecular formula is C22H29N3O3. The second-order valence-corrected chi connectivity index (χ2v) is 7.82. The number of amides is 1. The van der Waals surface area contributed by atoms with E-state index in [1.807, 2.05) is 29.2 Å². The SMILES string of the molecule is CC(C)CN1CC(OCc2ccncc2)CN(Cc2ccc(O)cc2)CC1=O. The van der Waals surface area contributed by atoms with Gasteiger partial charge in [0.15, 0.2) is 0 Å². The molecule has 28 heavy (non-hydrogen) atoms. The molecule has 150 valence electrons. The molecule has 0 saturated carbocycles. The van der Waals surface area contributed by atoms with E-state index >= 15 is 0 Å². The molecule has 1 N–H and O–H groups in total. The van der Waals surface area contributed by atoms with E-state index in [0.717, 1.165) is 17.7 Å². The molecule has 1 aliphatic heterocycles. The van der Waals surface area contributed by atoms with Crippen LogP contribution in [0.5, 0.6) is 5.75 Å². The van der Waals surface area contributed by atoms with Crippen molar-refractivity contribution < 1.29 is 14.6 Å². The minimum absolute atomic E-state index is 0.0597. The molecule has 1 saturated heterocycles. The number of rotatable bonds is 7. The lowest BCUT2D eigenvalue weighted by Gasteiger charge is -2.26. The number of aromatic nitrogens is 1. The first-order valence-electron chi connectivity index (χ1n) is 9.78. The summed E-state index contributed by atoms with van der Waals surface area (Å²) in [6.07, 6.45) is 3.46. The number of aromatic hydroxyl groups is 1. The molecule has 1 aliphatic rings. The van der Waals surface area contributed by atoms with Gasteiger partial charge in [-0.3, -0.25) is 14.7 Å². The van der Waals surface area contributed by atoms with E-state index < -0.39 is 0 Å². The van der Waals surface area contributed by atoms with Gasteiger partial charge in [0.05, 0.1) is 19.3 Å². The molecular weight excluding hydrogens is 354 g/mol. The smallest absolute Gasteiger partial charge is 0.236 e. The molecule has 0 radical (unpaired) electrons. The minimum Gasteiger partial charge on any atom is -0.508 e. The monoisotopic (exact) mass is 383 g/mol. The largest absolute Gasteiger partial charge is 0.508 e. The Morgan fingerprint density at radius 1 is 1.11 bits per heavy atom. The van der Waals surface area contributed by atoms with Gasteiger partial charge in [-0.2, -0.15) is 0 Å². The minimum atomic E-state index is -0.0597. The second kappa shape index (κ2) is 9.66. The van der Waals surface area contributed by atoms with E-state index in [-0.39, 0.29) is 17.8 Å². The molecule has 1 amide bonds. The van der Waals surface area contributed by atoms with Crippen LogP contribution in [0.1, 0.15) is 25.0 Å². The fourth-order valence-corrected chi connectivity index (χ4v) is 3.44. The van der Waals surface area contributed by atoms with Crippen molar-refractivity contribution in [3.63, 3.8) is 0 Å². The van der Waals surface area contributed by atoms with Crippen molar-refractivity contribution in [3.8, 4) is 5.75 Å². The lowest BCUT2D eigenvalue weighted by Crippen LogP contribution is -2.40. The van der Waals surface area contributed by atoms with Crippen LogP contribution in [-0.4, -0.2) is 58.1 Å². The van der Waals surface area contributed by atoms with Gasteiger partial charge in [-0.25, -0.2) is 0 Å². The third-order valence-electron chi connectivity index (χ3n) is 4.76. The summed E-state index contributed by atoms with van der Waals surface area (Å²) in [7, 11) is 0. The van der Waals surface area contributed by atoms with Gasteiger partial charge in [0.1, 0.15) is 5.75 Å². The Bertz CT molecular complexity index is 749. The predicted molar refractivity (Wildman–Crippen MR) is 108 cm³/mol. The van der Waals surface area contributed by atoms with Crippen LogP contribution in [-0.2, 0) is 22.7 Å². The Morgan fingerprint density at radius 2 is 1.82 bits per heavy atom. The first-order valence-corrected chi connectivity index (χ1v) is 9.78. The molecule has 1 unspecified atom stereocenters. The van der Waals surface area contributed by atoms with E-state index in [4.69, 9.17) is 4.74 Å². The van der Waals surface area contributed by atoms with E-state index in [2.05, 4.69) is 23.7 Å². The summed E-state index contributed by atoms with van der Waals surface area (Å²) in [5.74, 6) is 0.799. The van der Waals surface area contributed by atoms with Crippen LogP contribution in [0.15, 0.2) is 48.8 Å². The Balaban J connectivity index is 1.69. The van der Waals surface area contributed by atoms with E-state index in [9.17, 15) is 9.90 Å². The molecule has 2 aromatic rings. The first kappa shape index (κ1) is 20.3. The van der Waals surface area contributed by atoms with Crippen molar-refractivity contribution in [3.05, 3.63) is 59.9 Å². The Morgan fingerprint density at radius 3 is 2.50 bits per heavy atom. The van der Waals surface area contributed by atoms with Crippen LogP contribution in [0.3, 0.4) is 0 Å². The third kappa shape index (κ3) is 6.04. The van der Waals surface area contributed by atoms with E-state index in [0.29, 0.717) is 38.7 Å². The van der Waals surface area contributed by atoms with Crippen LogP contribution < -0.4 is 0 Å². The third-order valence-corrected chi connectivity index (χ3v) is 4.76. The molecule has 0 bridgehead atoms. The van der Waals surface area contributed by atoms with Crippen LogP contribution in [0.2, 0.25) is 0 Å². The summed E-state index contributed by atoms with van der Waals surface area (Å²) >= 11 is 0. The van der Waals surface area contributed by atoms with Crippen molar-refractivity contribution in [1.82, 2.24) is 14.8 Å². The molecule has 1 atom stereocenters. The highest BCUT2D eigenvalue weighted by Gasteiger charge is 2.28. The lowest BCUT2D eigenvalue weighted by molar-refractivity contribution is -0.132. The maximum absolute atomic E-state index is 12.8. The normalized spacial score (nSPS) is 18.5. The van der Waals surface area contributed by atoms with Crippen molar-refractivity contribution in [2.45, 2.75) is 33.1 Å². The van der Waals surface area contributed by atoms with Crippen LogP contribution in [0.4, 0.5) is 0 Å². The van der Waals surface area contributed by atoms with E-state index in [1.54, 1.807) is 24.5 Å². The number of hydrogen-bond acceptors (Lipinski definition) is 5. The van der Waals surface area contributed by atoms with Gasteiger partial charge in [-0.15, -0.1) is 0 Å². The summed E-state index contributed by atoms with van der Waals surface area (Å²) < 4.78 is 6.19. The number of nitrogens with zero attached hydrogens (tertiary/aromatic N) is 3. The highest BCUT2D eigenvalue weighted by Crippen LogP contribution is 2.16. The van der Waals surface area contributed by atoms with Gasteiger partial charge in [0.2, 0.25) is 5.91 Å². The van der Waals surface area contributed by atoms with Crippen LogP contribution in [0.25, 0.3) is 0 Å². The van der Waals surface area contributed by atoms with Gasteiger partial charge in [0.25, 0.3) is 0 Å². The summed E-state index contributed by atoms with van der Waals surface area (Å²) in [6, 6.07) is 11.0. The Labute approximate surface area is 166 Å². The first-order chi connectivity index (χ1) is 13.5. The molecule has 0 aliphatic carbocycles. The van der Waals surface area contributed by atoms with Crippen molar-refractivity contribution in [2.75, 3.05) is 26.2 Å². The Kier molecular flexibility index (Phi) is 7.01. The quantitative estimate of drug-likeness (QED) is 0.796. The van der Waals surface area contributed by atoms with Gasteiger partial charge in [-0.1, -0.05) is 26.0 Å². The number of benzene rings is 1. The van der Waals surface area contributed by atoms with Gasteiger partial charge >= 0.3 is 0 Å². The molecule has 3 rings (SSSR count). The fourth-order valence-electron chi connectivity index (χ4n) is 3.44. The van der Waals surface area contributed by atoms with Crippen molar-refractivity contribution in [1.29, 1.82) is 0 Å². The number of carbonyl (C=O) groups excluding carboxylic acids is 1. The standard InChI is InChI=1S/C22H29N3O3/c1-17(2)11-25-14-21(28-16-19-7-9-23-10-8-19)13-24(15-22(25)27)12-18-3-5-20(26)6-4-18/h3-10,17,21,26H,11-16H2,1-2H3. The molecule has 0 spiro atoms. The zero-order chi connectivity index (χ0) is 19.9. The van der Waals surface area contributed by atoms with Gasteiger partial charge in [-0.05, 0) is 41.3 Å². The van der Waals surface area contributed by atoms with Crippen molar-refractivity contribution >= 4 is 5.91 Å². The summed E-state index contributed by atoms with van der Waals surface area (Å²) in [6.45, 7) is 7.81. The maximum atomic E-state index is 12.8. The number of hydrogen-bond donors (Lipinski definition) is 1.